The normalized spacial score (nSPS) is 11.4. The predicted octanol–water partition coefficient (Wildman–Crippen LogP) is 3.48. The van der Waals surface area contributed by atoms with Gasteiger partial charge in [0.1, 0.15) is 0 Å². The summed E-state index contributed by atoms with van der Waals surface area (Å²) in [6.07, 6.45) is 1.05. The second kappa shape index (κ2) is 3.95. The van der Waals surface area contributed by atoms with Crippen LogP contribution in [0, 0.1) is 5.41 Å². The molecule has 0 spiro atoms. The van der Waals surface area contributed by atoms with E-state index < -0.39 is 0 Å². The Kier molecular flexibility index (Phi) is 3.10. The molecular formula is C13H18O. The van der Waals surface area contributed by atoms with Crippen LogP contribution >= 0.6 is 0 Å². The maximum atomic E-state index is 11.0. The van der Waals surface area contributed by atoms with Crippen molar-refractivity contribution in [3.05, 3.63) is 35.4 Å². The molecule has 1 aromatic rings. The summed E-state index contributed by atoms with van der Waals surface area (Å²) in [4.78, 5) is 11.0. The van der Waals surface area contributed by atoms with Crippen LogP contribution in [0.25, 0.3) is 0 Å². The molecule has 0 aliphatic rings. The molecule has 0 aliphatic carbocycles. The lowest BCUT2D eigenvalue weighted by Gasteiger charge is -2.17. The van der Waals surface area contributed by atoms with E-state index in [1.54, 1.807) is 6.92 Å². The summed E-state index contributed by atoms with van der Waals surface area (Å²) >= 11 is 0. The maximum absolute atomic E-state index is 11.0. The number of carbonyl (C=O) groups excluding carboxylic acids is 1. The first-order chi connectivity index (χ1) is 6.38. The maximum Gasteiger partial charge on any atom is 0.159 e. The van der Waals surface area contributed by atoms with E-state index in [1.807, 2.05) is 24.3 Å². The molecule has 0 bridgehead atoms. The zero-order valence-electron chi connectivity index (χ0n) is 9.42. The van der Waals surface area contributed by atoms with Crippen molar-refractivity contribution < 1.29 is 4.79 Å². The van der Waals surface area contributed by atoms with E-state index in [9.17, 15) is 4.79 Å². The Morgan fingerprint density at radius 1 is 1.14 bits per heavy atom. The van der Waals surface area contributed by atoms with Gasteiger partial charge < -0.3 is 0 Å². The Hall–Kier alpha value is -1.11. The summed E-state index contributed by atoms with van der Waals surface area (Å²) in [5.41, 5.74) is 2.39. The van der Waals surface area contributed by atoms with Crippen molar-refractivity contribution in [3.63, 3.8) is 0 Å². The molecule has 14 heavy (non-hydrogen) atoms. The summed E-state index contributed by atoms with van der Waals surface area (Å²) in [5.74, 6) is 0.132. The molecule has 1 nitrogen and oxygen atoms in total. The van der Waals surface area contributed by atoms with Crippen molar-refractivity contribution in [2.75, 3.05) is 0 Å². The van der Waals surface area contributed by atoms with E-state index in [1.165, 1.54) is 5.56 Å². The minimum absolute atomic E-state index is 0.132. The van der Waals surface area contributed by atoms with Crippen LogP contribution in [0.4, 0.5) is 0 Å². The second-order valence-corrected chi connectivity index (χ2v) is 4.99. The average molecular weight is 190 g/mol. The Morgan fingerprint density at radius 2 is 1.64 bits per heavy atom. The first kappa shape index (κ1) is 11.0. The fourth-order valence-electron chi connectivity index (χ4n) is 1.47. The van der Waals surface area contributed by atoms with Gasteiger partial charge in [0, 0.05) is 5.56 Å². The van der Waals surface area contributed by atoms with Gasteiger partial charge in [-0.1, -0.05) is 45.0 Å². The molecule has 0 heterocycles. The standard InChI is InChI=1S/C13H18O/c1-10(14)12-7-5-11(6-8-12)9-13(2,3)4/h5-8H,9H2,1-4H3. The van der Waals surface area contributed by atoms with Crippen molar-refractivity contribution in [3.8, 4) is 0 Å². The molecule has 0 N–H and O–H groups in total. The second-order valence-electron chi connectivity index (χ2n) is 4.99. The van der Waals surface area contributed by atoms with Gasteiger partial charge in [-0.05, 0) is 24.3 Å². The van der Waals surface area contributed by atoms with E-state index in [0.717, 1.165) is 12.0 Å². The fourth-order valence-corrected chi connectivity index (χ4v) is 1.47. The van der Waals surface area contributed by atoms with Gasteiger partial charge in [-0.25, -0.2) is 0 Å². The number of ketones is 1. The number of benzene rings is 1. The van der Waals surface area contributed by atoms with Crippen molar-refractivity contribution in [2.45, 2.75) is 34.1 Å². The molecule has 0 saturated carbocycles. The van der Waals surface area contributed by atoms with Crippen LogP contribution in [-0.4, -0.2) is 5.78 Å². The van der Waals surface area contributed by atoms with Gasteiger partial charge >= 0.3 is 0 Å². The monoisotopic (exact) mass is 190 g/mol. The lowest BCUT2D eigenvalue weighted by atomic mass is 9.88. The van der Waals surface area contributed by atoms with Crippen molar-refractivity contribution in [1.29, 1.82) is 0 Å². The van der Waals surface area contributed by atoms with Crippen LogP contribution in [0.5, 0.6) is 0 Å². The van der Waals surface area contributed by atoms with Gasteiger partial charge in [0.25, 0.3) is 0 Å². The number of rotatable bonds is 2. The van der Waals surface area contributed by atoms with Crippen LogP contribution in [0.15, 0.2) is 24.3 Å². The highest BCUT2D eigenvalue weighted by atomic mass is 16.1. The van der Waals surface area contributed by atoms with Crippen molar-refractivity contribution in [2.24, 2.45) is 5.41 Å². The molecule has 0 atom stereocenters. The van der Waals surface area contributed by atoms with Crippen molar-refractivity contribution in [1.82, 2.24) is 0 Å². The lowest BCUT2D eigenvalue weighted by molar-refractivity contribution is 0.101. The topological polar surface area (TPSA) is 17.1 Å². The molecule has 0 fully saturated rings. The van der Waals surface area contributed by atoms with Crippen LogP contribution in [0.1, 0.15) is 43.6 Å². The van der Waals surface area contributed by atoms with Crippen LogP contribution in [0.3, 0.4) is 0 Å². The van der Waals surface area contributed by atoms with E-state index >= 15 is 0 Å². The summed E-state index contributed by atoms with van der Waals surface area (Å²) < 4.78 is 0. The van der Waals surface area contributed by atoms with E-state index in [-0.39, 0.29) is 5.78 Å². The highest BCUT2D eigenvalue weighted by molar-refractivity contribution is 5.93. The average Bonchev–Trinajstić information content (AvgIpc) is 2.02. The highest BCUT2D eigenvalue weighted by Crippen LogP contribution is 2.20. The molecule has 1 aromatic carbocycles. The molecule has 0 amide bonds. The summed E-state index contributed by atoms with van der Waals surface area (Å²) in [5, 5.41) is 0. The van der Waals surface area contributed by atoms with Gasteiger partial charge in [-0.3, -0.25) is 4.79 Å². The first-order valence-corrected chi connectivity index (χ1v) is 4.98. The van der Waals surface area contributed by atoms with Crippen LogP contribution in [-0.2, 0) is 6.42 Å². The van der Waals surface area contributed by atoms with Gasteiger partial charge in [-0.15, -0.1) is 0 Å². The van der Waals surface area contributed by atoms with Crippen LogP contribution in [0.2, 0.25) is 0 Å². The SMILES string of the molecule is CC(=O)c1ccc(CC(C)(C)C)cc1. The number of hydrogen-bond acceptors (Lipinski definition) is 1. The molecule has 76 valence electrons. The molecule has 0 unspecified atom stereocenters. The summed E-state index contributed by atoms with van der Waals surface area (Å²) in [6, 6.07) is 7.90. The number of hydrogen-bond donors (Lipinski definition) is 0. The van der Waals surface area contributed by atoms with E-state index in [0.29, 0.717) is 5.41 Å². The molecule has 1 heteroatoms. The Labute approximate surface area is 86.1 Å². The summed E-state index contributed by atoms with van der Waals surface area (Å²) in [6.45, 7) is 8.24. The van der Waals surface area contributed by atoms with Crippen molar-refractivity contribution >= 4 is 5.78 Å². The third-order valence-corrected chi connectivity index (χ3v) is 2.09. The molecule has 1 rings (SSSR count). The van der Waals surface area contributed by atoms with Crippen LogP contribution < -0.4 is 0 Å². The van der Waals surface area contributed by atoms with E-state index in [2.05, 4.69) is 20.8 Å². The Balaban J connectivity index is 2.79. The molecular weight excluding hydrogens is 172 g/mol. The third-order valence-electron chi connectivity index (χ3n) is 2.09. The fraction of sp³-hybridized carbons (Fsp3) is 0.462. The minimum Gasteiger partial charge on any atom is -0.295 e. The van der Waals surface area contributed by atoms with E-state index in [4.69, 9.17) is 0 Å². The van der Waals surface area contributed by atoms with Gasteiger partial charge in [0.05, 0.1) is 0 Å². The molecule has 0 saturated heterocycles. The number of carbonyl (C=O) groups is 1. The largest absolute Gasteiger partial charge is 0.295 e. The Morgan fingerprint density at radius 3 is 2.00 bits per heavy atom. The first-order valence-electron chi connectivity index (χ1n) is 4.98. The molecule has 0 aromatic heterocycles. The quantitative estimate of drug-likeness (QED) is 0.652. The highest BCUT2D eigenvalue weighted by Gasteiger charge is 2.11. The number of Topliss-reactive ketones (excluding diaryl/α,β-unsaturated/α-hetero) is 1. The van der Waals surface area contributed by atoms with Gasteiger partial charge in [0.15, 0.2) is 5.78 Å². The third kappa shape index (κ3) is 3.33. The zero-order valence-corrected chi connectivity index (χ0v) is 9.42. The smallest absolute Gasteiger partial charge is 0.159 e. The predicted molar refractivity (Wildman–Crippen MR) is 59.6 cm³/mol. The summed E-state index contributed by atoms with van der Waals surface area (Å²) in [7, 11) is 0. The molecule has 0 aliphatic heterocycles. The lowest BCUT2D eigenvalue weighted by Crippen LogP contribution is -2.09. The van der Waals surface area contributed by atoms with Gasteiger partial charge in [-0.2, -0.15) is 0 Å². The zero-order chi connectivity index (χ0) is 10.8. The van der Waals surface area contributed by atoms with Gasteiger partial charge in [0.2, 0.25) is 0 Å². The minimum atomic E-state index is 0.132. The Bertz CT molecular complexity index is 314. The molecule has 0 radical (unpaired) electrons.